The number of carbonyl (C=O) groups is 1. The molecule has 0 bridgehead atoms. The van der Waals surface area contributed by atoms with Crippen LogP contribution in [0.2, 0.25) is 0 Å². The molecule has 0 saturated heterocycles. The van der Waals surface area contributed by atoms with Crippen LogP contribution in [0.4, 0.5) is 5.69 Å². The van der Waals surface area contributed by atoms with Gasteiger partial charge in [0, 0.05) is 12.6 Å². The van der Waals surface area contributed by atoms with E-state index in [1.165, 1.54) is 19.0 Å². The molecule has 1 heterocycles. The number of nitrogens with two attached hydrogens (primary N) is 1. The van der Waals surface area contributed by atoms with E-state index in [-0.39, 0.29) is 11.9 Å². The Kier molecular flexibility index (Phi) is 3.36. The van der Waals surface area contributed by atoms with E-state index in [9.17, 15) is 4.79 Å². The molecular weight excluding hydrogens is 216 g/mol. The normalized spacial score (nSPS) is 16.8. The van der Waals surface area contributed by atoms with Crippen molar-refractivity contribution in [3.05, 3.63) is 11.9 Å². The molecule has 5 nitrogen and oxygen atoms in total. The zero-order chi connectivity index (χ0) is 12.4. The lowest BCUT2D eigenvalue weighted by molar-refractivity contribution is 0.0927. The maximum absolute atomic E-state index is 12.1. The number of hydrogen-bond donors (Lipinski definition) is 2. The summed E-state index contributed by atoms with van der Waals surface area (Å²) in [5, 5.41) is 7.06. The van der Waals surface area contributed by atoms with Gasteiger partial charge in [-0.2, -0.15) is 5.10 Å². The zero-order valence-electron chi connectivity index (χ0n) is 10.4. The van der Waals surface area contributed by atoms with Crippen molar-refractivity contribution in [3.63, 3.8) is 0 Å². The molecule has 1 unspecified atom stereocenters. The van der Waals surface area contributed by atoms with E-state index in [0.717, 1.165) is 12.3 Å². The predicted octanol–water partition coefficient (Wildman–Crippen LogP) is 1.40. The molecule has 1 aliphatic rings. The van der Waals surface area contributed by atoms with E-state index in [1.807, 2.05) is 13.8 Å². The molecule has 0 spiro atoms. The smallest absolute Gasteiger partial charge is 0.271 e. The lowest BCUT2D eigenvalue weighted by Crippen LogP contribution is -2.34. The second-order valence-electron chi connectivity index (χ2n) is 4.82. The third kappa shape index (κ3) is 2.78. The Morgan fingerprint density at radius 2 is 2.41 bits per heavy atom. The first-order chi connectivity index (χ1) is 8.11. The van der Waals surface area contributed by atoms with Crippen molar-refractivity contribution in [2.24, 2.45) is 5.92 Å². The van der Waals surface area contributed by atoms with Gasteiger partial charge in [0.15, 0.2) is 0 Å². The molecule has 1 aliphatic carbocycles. The highest BCUT2D eigenvalue weighted by molar-refractivity contribution is 5.97. The molecule has 1 aromatic rings. The average Bonchev–Trinajstić information content (AvgIpc) is 2.98. The average molecular weight is 236 g/mol. The van der Waals surface area contributed by atoms with Crippen LogP contribution in [0.25, 0.3) is 0 Å². The van der Waals surface area contributed by atoms with E-state index in [4.69, 9.17) is 5.73 Å². The van der Waals surface area contributed by atoms with E-state index in [0.29, 0.717) is 17.9 Å². The molecule has 1 saturated carbocycles. The van der Waals surface area contributed by atoms with E-state index in [2.05, 4.69) is 10.4 Å². The number of anilines is 1. The van der Waals surface area contributed by atoms with Crippen LogP contribution in [0.3, 0.4) is 0 Å². The topological polar surface area (TPSA) is 72.9 Å². The number of nitrogens with zero attached hydrogens (tertiary/aromatic N) is 2. The number of hydrogen-bond acceptors (Lipinski definition) is 3. The quantitative estimate of drug-likeness (QED) is 0.811. The summed E-state index contributed by atoms with van der Waals surface area (Å²) >= 11 is 0. The largest absolute Gasteiger partial charge is 0.396 e. The van der Waals surface area contributed by atoms with Crippen LogP contribution < -0.4 is 11.1 Å². The maximum Gasteiger partial charge on any atom is 0.271 e. The molecule has 1 fully saturated rings. The SMILES string of the molecule is CCn1ncc(N)c1C(=O)NC(C)CC1CC1. The standard InChI is InChI=1S/C12H20N4O/c1-3-16-11(10(13)7-14-16)12(17)15-8(2)6-9-4-5-9/h7-9H,3-6,13H2,1-2H3,(H,15,17). The molecule has 1 amide bonds. The third-order valence-electron chi connectivity index (χ3n) is 3.14. The second kappa shape index (κ2) is 4.77. The van der Waals surface area contributed by atoms with Crippen LogP contribution in [0, 0.1) is 5.92 Å². The van der Waals surface area contributed by atoms with Crippen molar-refractivity contribution >= 4 is 11.6 Å². The number of aromatic nitrogens is 2. The fourth-order valence-electron chi connectivity index (χ4n) is 2.09. The molecule has 3 N–H and O–H groups in total. The molecule has 5 heteroatoms. The summed E-state index contributed by atoms with van der Waals surface area (Å²) in [5.74, 6) is 0.689. The van der Waals surface area contributed by atoms with Gasteiger partial charge in [-0.3, -0.25) is 9.48 Å². The van der Waals surface area contributed by atoms with Crippen LogP contribution in [0.5, 0.6) is 0 Å². The van der Waals surface area contributed by atoms with Gasteiger partial charge >= 0.3 is 0 Å². The first-order valence-corrected chi connectivity index (χ1v) is 6.24. The maximum atomic E-state index is 12.1. The van der Waals surface area contributed by atoms with E-state index < -0.39 is 0 Å². The lowest BCUT2D eigenvalue weighted by atomic mass is 10.1. The molecule has 0 aromatic carbocycles. The Morgan fingerprint density at radius 1 is 1.71 bits per heavy atom. The van der Waals surface area contributed by atoms with E-state index >= 15 is 0 Å². The number of nitrogen functional groups attached to an aromatic ring is 1. The van der Waals surface area contributed by atoms with Crippen molar-refractivity contribution in [1.29, 1.82) is 0 Å². The van der Waals surface area contributed by atoms with Gasteiger partial charge in [-0.15, -0.1) is 0 Å². The molecule has 2 rings (SSSR count). The molecule has 1 atom stereocenters. The van der Waals surface area contributed by atoms with Gasteiger partial charge in [-0.05, 0) is 26.2 Å². The number of nitrogens with one attached hydrogen (secondary N) is 1. The van der Waals surface area contributed by atoms with Crippen LogP contribution in [-0.4, -0.2) is 21.7 Å². The molecule has 17 heavy (non-hydrogen) atoms. The van der Waals surface area contributed by atoms with Gasteiger partial charge in [0.05, 0.1) is 11.9 Å². The Balaban J connectivity index is 1.99. The highest BCUT2D eigenvalue weighted by Gasteiger charge is 2.25. The monoisotopic (exact) mass is 236 g/mol. The number of aryl methyl sites for hydroxylation is 1. The Hall–Kier alpha value is -1.52. The highest BCUT2D eigenvalue weighted by atomic mass is 16.2. The molecule has 0 aliphatic heterocycles. The van der Waals surface area contributed by atoms with Crippen molar-refractivity contribution in [2.45, 2.75) is 45.7 Å². The minimum atomic E-state index is -0.116. The summed E-state index contributed by atoms with van der Waals surface area (Å²) in [6.45, 7) is 4.63. The van der Waals surface area contributed by atoms with Crippen molar-refractivity contribution in [2.75, 3.05) is 5.73 Å². The number of carbonyl (C=O) groups excluding carboxylic acids is 1. The fraction of sp³-hybridized carbons (Fsp3) is 0.667. The van der Waals surface area contributed by atoms with Gasteiger partial charge in [-0.1, -0.05) is 12.8 Å². The minimum absolute atomic E-state index is 0.116. The molecule has 1 aromatic heterocycles. The van der Waals surface area contributed by atoms with Crippen LogP contribution in [-0.2, 0) is 6.54 Å². The van der Waals surface area contributed by atoms with Crippen molar-refractivity contribution in [3.8, 4) is 0 Å². The lowest BCUT2D eigenvalue weighted by Gasteiger charge is -2.14. The summed E-state index contributed by atoms with van der Waals surface area (Å²) in [4.78, 5) is 12.1. The summed E-state index contributed by atoms with van der Waals surface area (Å²) in [6.07, 6.45) is 5.19. The van der Waals surface area contributed by atoms with Gasteiger partial charge < -0.3 is 11.1 Å². The van der Waals surface area contributed by atoms with Gasteiger partial charge in [0.25, 0.3) is 5.91 Å². The van der Waals surface area contributed by atoms with Crippen molar-refractivity contribution in [1.82, 2.24) is 15.1 Å². The fourth-order valence-corrected chi connectivity index (χ4v) is 2.09. The Bertz CT molecular complexity index is 409. The van der Waals surface area contributed by atoms with Gasteiger partial charge in [0.2, 0.25) is 0 Å². The molecular formula is C12H20N4O. The summed E-state index contributed by atoms with van der Waals surface area (Å²) in [7, 11) is 0. The predicted molar refractivity (Wildman–Crippen MR) is 66.6 cm³/mol. The highest BCUT2D eigenvalue weighted by Crippen LogP contribution is 2.33. The summed E-state index contributed by atoms with van der Waals surface area (Å²) in [5.41, 5.74) is 6.69. The third-order valence-corrected chi connectivity index (χ3v) is 3.14. The van der Waals surface area contributed by atoms with Crippen LogP contribution in [0.15, 0.2) is 6.20 Å². The summed E-state index contributed by atoms with van der Waals surface area (Å²) < 4.78 is 1.63. The molecule has 94 valence electrons. The second-order valence-corrected chi connectivity index (χ2v) is 4.82. The number of rotatable bonds is 5. The Morgan fingerprint density at radius 3 is 3.00 bits per heavy atom. The Labute approximate surface area is 101 Å². The van der Waals surface area contributed by atoms with Gasteiger partial charge in [0.1, 0.15) is 5.69 Å². The first-order valence-electron chi connectivity index (χ1n) is 6.24. The van der Waals surface area contributed by atoms with Crippen LogP contribution >= 0.6 is 0 Å². The van der Waals surface area contributed by atoms with E-state index in [1.54, 1.807) is 4.68 Å². The zero-order valence-corrected chi connectivity index (χ0v) is 10.4. The van der Waals surface area contributed by atoms with Gasteiger partial charge in [-0.25, -0.2) is 0 Å². The molecule has 0 radical (unpaired) electrons. The van der Waals surface area contributed by atoms with Crippen molar-refractivity contribution < 1.29 is 4.79 Å². The number of amides is 1. The summed E-state index contributed by atoms with van der Waals surface area (Å²) in [6, 6.07) is 0.203. The minimum Gasteiger partial charge on any atom is -0.396 e. The first kappa shape index (κ1) is 12.0. The van der Waals surface area contributed by atoms with Crippen LogP contribution in [0.1, 0.15) is 43.6 Å².